The highest BCUT2D eigenvalue weighted by Crippen LogP contribution is 2.14. The second-order valence-corrected chi connectivity index (χ2v) is 8.00. The van der Waals surface area contributed by atoms with Crippen molar-refractivity contribution >= 4 is 17.8 Å². The van der Waals surface area contributed by atoms with Gasteiger partial charge in [0.25, 0.3) is 5.91 Å². The van der Waals surface area contributed by atoms with Gasteiger partial charge in [0.2, 0.25) is 5.91 Å². The van der Waals surface area contributed by atoms with E-state index >= 15 is 0 Å². The average Bonchev–Trinajstić information content (AvgIpc) is 2.55. The standard InChI is InChI=1S/C20H30N2O4/c1-13(2)10-16(18(24)25)12-21-17(23)15-8-6-14(7-9-15)11-22-19(26)20(3,4)5/h6-9,13,16H,10-12H2,1-5H3,(H,21,23)(H,22,26)(H,24,25). The van der Waals surface area contributed by atoms with Crippen LogP contribution in [-0.2, 0) is 16.1 Å². The van der Waals surface area contributed by atoms with Crippen LogP contribution in [-0.4, -0.2) is 29.4 Å². The number of carboxylic acid groups (broad SMARTS) is 1. The molecule has 0 aliphatic carbocycles. The molecule has 0 bridgehead atoms. The third kappa shape index (κ3) is 7.25. The van der Waals surface area contributed by atoms with Crippen LogP contribution >= 0.6 is 0 Å². The van der Waals surface area contributed by atoms with Gasteiger partial charge in [-0.3, -0.25) is 14.4 Å². The summed E-state index contributed by atoms with van der Waals surface area (Å²) in [4.78, 5) is 35.3. The maximum Gasteiger partial charge on any atom is 0.308 e. The number of hydrogen-bond acceptors (Lipinski definition) is 3. The molecule has 26 heavy (non-hydrogen) atoms. The highest BCUT2D eigenvalue weighted by Gasteiger charge is 2.21. The number of nitrogens with one attached hydrogen (secondary N) is 2. The van der Waals surface area contributed by atoms with Crippen molar-refractivity contribution in [2.75, 3.05) is 6.54 Å². The number of carboxylic acids is 1. The SMILES string of the molecule is CC(C)CC(CNC(=O)c1ccc(CNC(=O)C(C)(C)C)cc1)C(=O)O. The zero-order valence-corrected chi connectivity index (χ0v) is 16.3. The van der Waals surface area contributed by atoms with Crippen LogP contribution in [0.2, 0.25) is 0 Å². The van der Waals surface area contributed by atoms with Crippen LogP contribution < -0.4 is 10.6 Å². The molecule has 0 spiro atoms. The number of rotatable bonds is 8. The zero-order valence-electron chi connectivity index (χ0n) is 16.3. The quantitative estimate of drug-likeness (QED) is 0.663. The number of hydrogen-bond donors (Lipinski definition) is 3. The Bertz CT molecular complexity index is 630. The Morgan fingerprint density at radius 1 is 1.04 bits per heavy atom. The summed E-state index contributed by atoms with van der Waals surface area (Å²) >= 11 is 0. The minimum Gasteiger partial charge on any atom is -0.481 e. The zero-order chi connectivity index (χ0) is 19.9. The lowest BCUT2D eigenvalue weighted by atomic mass is 9.95. The molecule has 0 aliphatic heterocycles. The Morgan fingerprint density at radius 2 is 1.62 bits per heavy atom. The van der Waals surface area contributed by atoms with Crippen molar-refractivity contribution < 1.29 is 19.5 Å². The van der Waals surface area contributed by atoms with E-state index in [2.05, 4.69) is 10.6 Å². The van der Waals surface area contributed by atoms with Crippen LogP contribution in [0.25, 0.3) is 0 Å². The molecule has 1 atom stereocenters. The molecule has 1 unspecified atom stereocenters. The largest absolute Gasteiger partial charge is 0.481 e. The first-order chi connectivity index (χ1) is 12.0. The number of amides is 2. The number of carbonyl (C=O) groups excluding carboxylic acids is 2. The molecule has 2 amide bonds. The van der Waals surface area contributed by atoms with E-state index in [0.29, 0.717) is 18.5 Å². The second kappa shape index (κ2) is 9.36. The first-order valence-corrected chi connectivity index (χ1v) is 8.89. The van der Waals surface area contributed by atoms with Gasteiger partial charge in [0.15, 0.2) is 0 Å². The van der Waals surface area contributed by atoms with E-state index in [1.54, 1.807) is 24.3 Å². The fourth-order valence-corrected chi connectivity index (χ4v) is 2.38. The van der Waals surface area contributed by atoms with E-state index in [0.717, 1.165) is 5.56 Å². The van der Waals surface area contributed by atoms with Crippen molar-refractivity contribution in [2.45, 2.75) is 47.6 Å². The van der Waals surface area contributed by atoms with Crippen molar-refractivity contribution in [2.24, 2.45) is 17.3 Å². The summed E-state index contributed by atoms with van der Waals surface area (Å²) in [6.45, 7) is 9.95. The number of aliphatic carboxylic acids is 1. The van der Waals surface area contributed by atoms with Crippen LogP contribution in [0.1, 0.15) is 57.0 Å². The Balaban J connectivity index is 2.58. The van der Waals surface area contributed by atoms with Gasteiger partial charge < -0.3 is 15.7 Å². The van der Waals surface area contributed by atoms with Crippen LogP contribution in [0, 0.1) is 17.3 Å². The van der Waals surface area contributed by atoms with Crippen molar-refractivity contribution in [1.29, 1.82) is 0 Å². The summed E-state index contributed by atoms with van der Waals surface area (Å²) < 4.78 is 0. The second-order valence-electron chi connectivity index (χ2n) is 8.00. The first-order valence-electron chi connectivity index (χ1n) is 8.89. The van der Waals surface area contributed by atoms with Gasteiger partial charge in [0.1, 0.15) is 0 Å². The van der Waals surface area contributed by atoms with Crippen LogP contribution in [0.3, 0.4) is 0 Å². The molecule has 1 rings (SSSR count). The summed E-state index contributed by atoms with van der Waals surface area (Å²) in [7, 11) is 0. The monoisotopic (exact) mass is 362 g/mol. The molecule has 0 fully saturated rings. The molecular weight excluding hydrogens is 332 g/mol. The molecule has 1 aromatic rings. The maximum atomic E-state index is 12.2. The number of benzene rings is 1. The van der Waals surface area contributed by atoms with Crippen molar-refractivity contribution in [3.63, 3.8) is 0 Å². The Kier molecular flexibility index (Phi) is 7.80. The molecule has 0 aliphatic rings. The predicted octanol–water partition coefficient (Wildman–Crippen LogP) is 2.83. The molecular formula is C20H30N2O4. The van der Waals surface area contributed by atoms with Crippen LogP contribution in [0.5, 0.6) is 0 Å². The molecule has 6 nitrogen and oxygen atoms in total. The molecule has 0 aromatic heterocycles. The van der Waals surface area contributed by atoms with Gasteiger partial charge in [-0.1, -0.05) is 46.8 Å². The molecule has 0 saturated carbocycles. The Morgan fingerprint density at radius 3 is 2.08 bits per heavy atom. The van der Waals surface area contributed by atoms with Gasteiger partial charge >= 0.3 is 5.97 Å². The maximum absolute atomic E-state index is 12.2. The summed E-state index contributed by atoms with van der Waals surface area (Å²) in [6.07, 6.45) is 0.516. The van der Waals surface area contributed by atoms with Gasteiger partial charge in [-0.2, -0.15) is 0 Å². The molecule has 0 saturated heterocycles. The lowest BCUT2D eigenvalue weighted by molar-refractivity contribution is -0.142. The number of carbonyl (C=O) groups is 3. The molecule has 6 heteroatoms. The van der Waals surface area contributed by atoms with Gasteiger partial charge in [0, 0.05) is 24.1 Å². The van der Waals surface area contributed by atoms with Gasteiger partial charge in [0.05, 0.1) is 5.92 Å². The van der Waals surface area contributed by atoms with Crippen molar-refractivity contribution in [3.05, 3.63) is 35.4 Å². The lowest BCUT2D eigenvalue weighted by Crippen LogP contribution is -2.34. The van der Waals surface area contributed by atoms with E-state index in [1.807, 2.05) is 34.6 Å². The molecule has 1 aromatic carbocycles. The van der Waals surface area contributed by atoms with E-state index in [4.69, 9.17) is 0 Å². The van der Waals surface area contributed by atoms with E-state index in [9.17, 15) is 19.5 Å². The minimum atomic E-state index is -0.899. The Hall–Kier alpha value is -2.37. The predicted molar refractivity (Wildman–Crippen MR) is 101 cm³/mol. The van der Waals surface area contributed by atoms with Crippen molar-refractivity contribution in [1.82, 2.24) is 10.6 Å². The van der Waals surface area contributed by atoms with E-state index in [1.165, 1.54) is 0 Å². The lowest BCUT2D eigenvalue weighted by Gasteiger charge is -2.17. The molecule has 0 heterocycles. The fourth-order valence-electron chi connectivity index (χ4n) is 2.38. The first kappa shape index (κ1) is 21.7. The normalized spacial score (nSPS) is 12.5. The van der Waals surface area contributed by atoms with Crippen molar-refractivity contribution in [3.8, 4) is 0 Å². The Labute approximate surface area is 155 Å². The smallest absolute Gasteiger partial charge is 0.308 e. The van der Waals surface area contributed by atoms with Crippen LogP contribution in [0.4, 0.5) is 0 Å². The average molecular weight is 362 g/mol. The van der Waals surface area contributed by atoms with Gasteiger partial charge in [-0.15, -0.1) is 0 Å². The molecule has 3 N–H and O–H groups in total. The summed E-state index contributed by atoms with van der Waals surface area (Å²) in [5.41, 5.74) is 0.906. The fraction of sp³-hybridized carbons (Fsp3) is 0.550. The van der Waals surface area contributed by atoms with Crippen LogP contribution in [0.15, 0.2) is 24.3 Å². The third-order valence-corrected chi connectivity index (χ3v) is 3.96. The van der Waals surface area contributed by atoms with Gasteiger partial charge in [-0.05, 0) is 30.0 Å². The minimum absolute atomic E-state index is 0.0378. The highest BCUT2D eigenvalue weighted by atomic mass is 16.4. The summed E-state index contributed by atoms with van der Waals surface area (Å²) in [6, 6.07) is 6.90. The molecule has 0 radical (unpaired) electrons. The van der Waals surface area contributed by atoms with Gasteiger partial charge in [-0.25, -0.2) is 0 Å². The summed E-state index contributed by atoms with van der Waals surface area (Å²) in [5, 5.41) is 14.8. The topological polar surface area (TPSA) is 95.5 Å². The van der Waals surface area contributed by atoms with E-state index < -0.39 is 17.3 Å². The third-order valence-electron chi connectivity index (χ3n) is 3.96. The molecule has 144 valence electrons. The van der Waals surface area contributed by atoms with E-state index in [-0.39, 0.29) is 24.3 Å². The summed E-state index contributed by atoms with van der Waals surface area (Å²) in [5.74, 6) is -1.58. The highest BCUT2D eigenvalue weighted by molar-refractivity contribution is 5.94.